The lowest BCUT2D eigenvalue weighted by molar-refractivity contribution is 0.000218. The van der Waals surface area contributed by atoms with E-state index in [-0.39, 0.29) is 18.2 Å². The van der Waals surface area contributed by atoms with Gasteiger partial charge in [0.2, 0.25) is 0 Å². The molecule has 0 amide bonds. The van der Waals surface area contributed by atoms with Crippen molar-refractivity contribution in [2.75, 3.05) is 19.8 Å². The minimum absolute atomic E-state index is 0.121. The zero-order valence-corrected chi connectivity index (χ0v) is 12.8. The Morgan fingerprint density at radius 3 is 2.44 bits per heavy atom. The lowest BCUT2D eigenvalue weighted by Crippen LogP contribution is -2.50. The second kappa shape index (κ2) is 10.8. The molecule has 0 aliphatic rings. The van der Waals surface area contributed by atoms with Crippen LogP contribution in [0.15, 0.2) is 0 Å². The number of rotatable bonds is 12. The second-order valence-corrected chi connectivity index (χ2v) is 5.62. The number of aliphatic hydroxyl groups excluding tert-OH is 1. The fourth-order valence-electron chi connectivity index (χ4n) is 1.85. The molecule has 0 heterocycles. The fraction of sp³-hybridized carbons (Fsp3) is 1.00. The topological polar surface area (TPSA) is 41.5 Å². The summed E-state index contributed by atoms with van der Waals surface area (Å²) in [4.78, 5) is 0. The molecule has 0 aliphatic carbocycles. The highest BCUT2D eigenvalue weighted by Crippen LogP contribution is 2.11. The third kappa shape index (κ3) is 8.90. The van der Waals surface area contributed by atoms with Crippen LogP contribution in [0.4, 0.5) is 0 Å². The summed E-state index contributed by atoms with van der Waals surface area (Å²) in [5, 5.41) is 12.8. The molecule has 0 saturated carbocycles. The Kier molecular flexibility index (Phi) is 10.7. The van der Waals surface area contributed by atoms with Gasteiger partial charge >= 0.3 is 0 Å². The van der Waals surface area contributed by atoms with Crippen molar-refractivity contribution < 1.29 is 9.84 Å². The average molecular weight is 259 g/mol. The van der Waals surface area contributed by atoms with Gasteiger partial charge in [0.1, 0.15) is 0 Å². The summed E-state index contributed by atoms with van der Waals surface area (Å²) < 4.78 is 5.85. The molecular formula is C15H33NO2. The number of ether oxygens (including phenoxy) is 1. The summed E-state index contributed by atoms with van der Waals surface area (Å²) in [7, 11) is 0. The monoisotopic (exact) mass is 259 g/mol. The van der Waals surface area contributed by atoms with Gasteiger partial charge in [0.05, 0.1) is 24.9 Å². The van der Waals surface area contributed by atoms with Crippen LogP contribution in [0.3, 0.4) is 0 Å². The molecule has 110 valence electrons. The molecule has 3 heteroatoms. The summed E-state index contributed by atoms with van der Waals surface area (Å²) in [6, 6.07) is 0. The molecule has 2 atom stereocenters. The number of aliphatic hydroxyl groups is 1. The molecule has 0 fully saturated rings. The van der Waals surface area contributed by atoms with Gasteiger partial charge < -0.3 is 15.2 Å². The van der Waals surface area contributed by atoms with Crippen molar-refractivity contribution in [3.8, 4) is 0 Å². The number of unbranched alkanes of at least 4 members (excludes halogenated alkanes) is 3. The average Bonchev–Trinajstić information content (AvgIpc) is 2.39. The second-order valence-electron chi connectivity index (χ2n) is 5.62. The largest absolute Gasteiger partial charge is 0.394 e. The van der Waals surface area contributed by atoms with Crippen LogP contribution in [0.2, 0.25) is 0 Å². The van der Waals surface area contributed by atoms with E-state index in [1.165, 1.54) is 25.7 Å². The van der Waals surface area contributed by atoms with Crippen LogP contribution in [-0.2, 0) is 4.74 Å². The van der Waals surface area contributed by atoms with Crippen molar-refractivity contribution in [3.63, 3.8) is 0 Å². The van der Waals surface area contributed by atoms with E-state index >= 15 is 0 Å². The van der Waals surface area contributed by atoms with Gasteiger partial charge in [0.25, 0.3) is 0 Å². The lowest BCUT2D eigenvalue weighted by atomic mass is 10.0. The van der Waals surface area contributed by atoms with E-state index in [4.69, 9.17) is 4.74 Å². The Morgan fingerprint density at radius 1 is 1.17 bits per heavy atom. The summed E-state index contributed by atoms with van der Waals surface area (Å²) in [6.45, 7) is 10.1. The van der Waals surface area contributed by atoms with E-state index < -0.39 is 0 Å². The smallest absolute Gasteiger partial charge is 0.0671 e. The van der Waals surface area contributed by atoms with Crippen LogP contribution < -0.4 is 5.32 Å². The molecule has 3 nitrogen and oxygen atoms in total. The van der Waals surface area contributed by atoms with E-state index in [1.807, 2.05) is 6.92 Å². The van der Waals surface area contributed by atoms with E-state index in [0.717, 1.165) is 19.4 Å². The third-order valence-corrected chi connectivity index (χ3v) is 3.30. The van der Waals surface area contributed by atoms with Gasteiger partial charge in [0.15, 0.2) is 0 Å². The standard InChI is InChI=1S/C15H33NO2/c1-5-7-8-9-10-14(3)18-13-15(4,12-17)16-11-6-2/h14,16-17H,5-13H2,1-4H3. The quantitative estimate of drug-likeness (QED) is 0.529. The maximum atomic E-state index is 9.43. The first-order chi connectivity index (χ1) is 8.58. The van der Waals surface area contributed by atoms with E-state index in [9.17, 15) is 5.11 Å². The number of hydrogen-bond acceptors (Lipinski definition) is 3. The van der Waals surface area contributed by atoms with Crippen molar-refractivity contribution in [2.45, 2.75) is 77.9 Å². The van der Waals surface area contributed by atoms with E-state index in [1.54, 1.807) is 0 Å². The minimum Gasteiger partial charge on any atom is -0.394 e. The molecule has 18 heavy (non-hydrogen) atoms. The third-order valence-electron chi connectivity index (χ3n) is 3.30. The fourth-order valence-corrected chi connectivity index (χ4v) is 1.85. The van der Waals surface area contributed by atoms with E-state index in [2.05, 4.69) is 26.1 Å². The molecule has 2 N–H and O–H groups in total. The molecule has 0 aromatic carbocycles. The molecule has 0 aromatic rings. The Bertz CT molecular complexity index is 187. The van der Waals surface area contributed by atoms with Crippen molar-refractivity contribution in [1.82, 2.24) is 5.32 Å². The molecule has 2 unspecified atom stereocenters. The highest BCUT2D eigenvalue weighted by Gasteiger charge is 2.23. The van der Waals surface area contributed by atoms with Gasteiger partial charge in [-0.1, -0.05) is 39.5 Å². The zero-order valence-electron chi connectivity index (χ0n) is 12.8. The first-order valence-corrected chi connectivity index (χ1v) is 7.55. The normalized spacial score (nSPS) is 16.5. The van der Waals surface area contributed by atoms with Gasteiger partial charge in [0, 0.05) is 0 Å². The highest BCUT2D eigenvalue weighted by atomic mass is 16.5. The maximum absolute atomic E-state index is 9.43. The van der Waals surface area contributed by atoms with Crippen LogP contribution in [0.25, 0.3) is 0 Å². The molecular weight excluding hydrogens is 226 g/mol. The summed E-state index contributed by atoms with van der Waals surface area (Å²) in [5.74, 6) is 0. The van der Waals surface area contributed by atoms with Crippen LogP contribution in [0, 0.1) is 0 Å². The van der Waals surface area contributed by atoms with Crippen molar-refractivity contribution >= 4 is 0 Å². The van der Waals surface area contributed by atoms with Crippen LogP contribution in [0.1, 0.15) is 66.2 Å². The van der Waals surface area contributed by atoms with Crippen molar-refractivity contribution in [1.29, 1.82) is 0 Å². The van der Waals surface area contributed by atoms with Gasteiger partial charge in [-0.2, -0.15) is 0 Å². The minimum atomic E-state index is -0.298. The first-order valence-electron chi connectivity index (χ1n) is 7.55. The van der Waals surface area contributed by atoms with Crippen LogP contribution in [0.5, 0.6) is 0 Å². The molecule has 0 saturated heterocycles. The van der Waals surface area contributed by atoms with Crippen LogP contribution >= 0.6 is 0 Å². The molecule has 0 aliphatic heterocycles. The molecule has 0 radical (unpaired) electrons. The molecule has 0 bridgehead atoms. The molecule has 0 aromatic heterocycles. The number of nitrogens with one attached hydrogen (secondary N) is 1. The summed E-state index contributed by atoms with van der Waals surface area (Å²) in [5.41, 5.74) is -0.298. The Balaban J connectivity index is 3.75. The first kappa shape index (κ1) is 17.9. The number of hydrogen-bond donors (Lipinski definition) is 2. The van der Waals surface area contributed by atoms with Gasteiger partial charge in [-0.25, -0.2) is 0 Å². The SMILES string of the molecule is CCCCCCC(C)OCC(C)(CO)NCCC. The van der Waals surface area contributed by atoms with Gasteiger partial charge in [-0.3, -0.25) is 0 Å². The summed E-state index contributed by atoms with van der Waals surface area (Å²) in [6.07, 6.45) is 7.62. The highest BCUT2D eigenvalue weighted by molar-refractivity contribution is 4.82. The predicted octanol–water partition coefficient (Wildman–Crippen LogP) is 3.11. The lowest BCUT2D eigenvalue weighted by Gasteiger charge is -2.30. The Morgan fingerprint density at radius 2 is 1.89 bits per heavy atom. The molecule has 0 spiro atoms. The summed E-state index contributed by atoms with van der Waals surface area (Å²) >= 11 is 0. The van der Waals surface area contributed by atoms with Crippen LogP contribution in [-0.4, -0.2) is 36.5 Å². The Labute approximate surface area is 113 Å². The Hall–Kier alpha value is -0.120. The van der Waals surface area contributed by atoms with Gasteiger partial charge in [-0.15, -0.1) is 0 Å². The molecule has 0 rings (SSSR count). The van der Waals surface area contributed by atoms with Gasteiger partial charge in [-0.05, 0) is 33.2 Å². The van der Waals surface area contributed by atoms with E-state index in [0.29, 0.717) is 6.61 Å². The maximum Gasteiger partial charge on any atom is 0.0671 e. The predicted molar refractivity (Wildman–Crippen MR) is 78.0 cm³/mol. The van der Waals surface area contributed by atoms with Crippen molar-refractivity contribution in [3.05, 3.63) is 0 Å². The van der Waals surface area contributed by atoms with Crippen molar-refractivity contribution in [2.24, 2.45) is 0 Å². The zero-order chi connectivity index (χ0) is 13.9.